The van der Waals surface area contributed by atoms with Gasteiger partial charge in [-0.25, -0.2) is 9.97 Å². The first-order valence-corrected chi connectivity index (χ1v) is 5.97. The van der Waals surface area contributed by atoms with Crippen LogP contribution in [0.3, 0.4) is 0 Å². The van der Waals surface area contributed by atoms with Crippen LogP contribution in [-0.4, -0.2) is 17.1 Å². The lowest BCUT2D eigenvalue weighted by atomic mass is 10.2. The molecular weight excluding hydrogens is 285 g/mol. The first-order chi connectivity index (χ1) is 9.88. The zero-order valence-corrected chi connectivity index (χ0v) is 11.1. The van der Waals surface area contributed by atoms with Crippen LogP contribution >= 0.6 is 0 Å². The summed E-state index contributed by atoms with van der Waals surface area (Å²) in [6.07, 6.45) is -4.63. The monoisotopic (exact) mass is 298 g/mol. The van der Waals surface area contributed by atoms with E-state index in [9.17, 15) is 13.2 Å². The van der Waals surface area contributed by atoms with Gasteiger partial charge in [0.15, 0.2) is 0 Å². The number of nitrogen functional groups attached to an aromatic ring is 1. The van der Waals surface area contributed by atoms with Gasteiger partial charge in [0.1, 0.15) is 17.4 Å². The van der Waals surface area contributed by atoms with Crippen molar-refractivity contribution in [1.29, 1.82) is 0 Å². The number of aromatic nitrogens is 2. The average Bonchev–Trinajstić information content (AvgIpc) is 2.44. The van der Waals surface area contributed by atoms with Gasteiger partial charge >= 0.3 is 6.18 Å². The van der Waals surface area contributed by atoms with Crippen molar-refractivity contribution in [2.45, 2.75) is 12.7 Å². The second-order valence-electron chi connectivity index (χ2n) is 4.20. The Labute approximate surface area is 119 Å². The van der Waals surface area contributed by atoms with Gasteiger partial charge in [0.05, 0.1) is 7.11 Å². The predicted molar refractivity (Wildman–Crippen MR) is 71.8 cm³/mol. The van der Waals surface area contributed by atoms with Crippen LogP contribution in [0.4, 0.5) is 24.8 Å². The molecule has 0 saturated carbocycles. The third-order valence-electron chi connectivity index (χ3n) is 2.63. The highest BCUT2D eigenvalue weighted by Crippen LogP contribution is 2.27. The van der Waals surface area contributed by atoms with Gasteiger partial charge in [-0.05, 0) is 17.7 Å². The Morgan fingerprint density at radius 2 is 1.86 bits per heavy atom. The highest BCUT2D eigenvalue weighted by atomic mass is 19.4. The van der Waals surface area contributed by atoms with Gasteiger partial charge in [-0.1, -0.05) is 12.1 Å². The second-order valence-corrected chi connectivity index (χ2v) is 4.20. The van der Waals surface area contributed by atoms with E-state index in [1.165, 1.54) is 6.07 Å². The number of halogens is 3. The smallest absolute Gasteiger partial charge is 0.451 e. The van der Waals surface area contributed by atoms with E-state index >= 15 is 0 Å². The zero-order valence-electron chi connectivity index (χ0n) is 11.1. The van der Waals surface area contributed by atoms with E-state index in [4.69, 9.17) is 10.5 Å². The van der Waals surface area contributed by atoms with Crippen LogP contribution in [0.2, 0.25) is 0 Å². The standard InChI is InChI=1S/C13H13F3N4O/c1-21-9-4-2-8(3-5-9)7-18-11-6-10(17)19-12(20-11)13(14,15)16/h2-6H,7H2,1H3,(H3,17,18,19,20). The summed E-state index contributed by atoms with van der Waals surface area (Å²) < 4.78 is 42.7. The minimum absolute atomic E-state index is 0.0191. The van der Waals surface area contributed by atoms with E-state index in [2.05, 4.69) is 15.3 Å². The normalized spacial score (nSPS) is 11.2. The molecule has 0 amide bonds. The van der Waals surface area contributed by atoms with Gasteiger partial charge in [0.2, 0.25) is 5.82 Å². The van der Waals surface area contributed by atoms with Crippen molar-refractivity contribution in [1.82, 2.24) is 9.97 Å². The van der Waals surface area contributed by atoms with Crippen molar-refractivity contribution >= 4 is 11.6 Å². The molecule has 0 aliphatic heterocycles. The number of rotatable bonds is 4. The molecule has 112 valence electrons. The number of nitrogens with one attached hydrogen (secondary N) is 1. The molecule has 0 saturated heterocycles. The van der Waals surface area contributed by atoms with Crippen molar-refractivity contribution in [3.05, 3.63) is 41.7 Å². The van der Waals surface area contributed by atoms with Gasteiger partial charge in [-0.2, -0.15) is 13.2 Å². The topological polar surface area (TPSA) is 73.1 Å². The van der Waals surface area contributed by atoms with Gasteiger partial charge in [-0.15, -0.1) is 0 Å². The Morgan fingerprint density at radius 1 is 1.19 bits per heavy atom. The van der Waals surface area contributed by atoms with E-state index in [0.717, 1.165) is 5.56 Å². The van der Waals surface area contributed by atoms with Crippen LogP contribution in [0.25, 0.3) is 0 Å². The number of benzene rings is 1. The van der Waals surface area contributed by atoms with Gasteiger partial charge < -0.3 is 15.8 Å². The molecule has 21 heavy (non-hydrogen) atoms. The van der Waals surface area contributed by atoms with Crippen molar-refractivity contribution in [2.75, 3.05) is 18.2 Å². The quantitative estimate of drug-likeness (QED) is 0.908. The lowest BCUT2D eigenvalue weighted by Gasteiger charge is -2.10. The Bertz CT molecular complexity index is 614. The first-order valence-electron chi connectivity index (χ1n) is 5.97. The molecule has 0 unspecified atom stereocenters. The third-order valence-corrected chi connectivity index (χ3v) is 2.63. The van der Waals surface area contributed by atoms with E-state index in [0.29, 0.717) is 12.3 Å². The first kappa shape index (κ1) is 14.9. The number of nitrogens with zero attached hydrogens (tertiary/aromatic N) is 2. The van der Waals surface area contributed by atoms with Crippen molar-refractivity contribution < 1.29 is 17.9 Å². The van der Waals surface area contributed by atoms with Gasteiger partial charge in [0, 0.05) is 12.6 Å². The molecule has 5 nitrogen and oxygen atoms in total. The molecule has 0 spiro atoms. The van der Waals surface area contributed by atoms with Crippen LogP contribution < -0.4 is 15.8 Å². The van der Waals surface area contributed by atoms with Crippen LogP contribution in [0.1, 0.15) is 11.4 Å². The SMILES string of the molecule is COc1ccc(CNc2cc(N)nc(C(F)(F)F)n2)cc1. The Kier molecular flexibility index (Phi) is 4.15. The van der Waals surface area contributed by atoms with Gasteiger partial charge in [0.25, 0.3) is 0 Å². The van der Waals surface area contributed by atoms with Crippen molar-refractivity contribution in [3.8, 4) is 5.75 Å². The van der Waals surface area contributed by atoms with Crippen LogP contribution in [0, 0.1) is 0 Å². The largest absolute Gasteiger partial charge is 0.497 e. The number of hydrogen-bond donors (Lipinski definition) is 2. The fourth-order valence-corrected chi connectivity index (χ4v) is 1.62. The Hall–Kier alpha value is -2.51. The van der Waals surface area contributed by atoms with Crippen molar-refractivity contribution in [2.24, 2.45) is 0 Å². The Balaban J connectivity index is 2.10. The van der Waals surface area contributed by atoms with E-state index in [1.54, 1.807) is 31.4 Å². The molecule has 0 fully saturated rings. The maximum Gasteiger partial charge on any atom is 0.451 e. The maximum atomic E-state index is 12.6. The summed E-state index contributed by atoms with van der Waals surface area (Å²) in [5, 5.41) is 2.78. The molecule has 1 aromatic carbocycles. The second kappa shape index (κ2) is 5.86. The summed E-state index contributed by atoms with van der Waals surface area (Å²) in [4.78, 5) is 6.57. The number of alkyl halides is 3. The molecule has 0 atom stereocenters. The summed E-state index contributed by atoms with van der Waals surface area (Å²) in [6, 6.07) is 8.35. The molecule has 1 aromatic heterocycles. The predicted octanol–water partition coefficient (Wildman–Crippen LogP) is 2.70. The molecule has 3 N–H and O–H groups in total. The molecule has 2 rings (SSSR count). The highest BCUT2D eigenvalue weighted by Gasteiger charge is 2.35. The molecule has 0 radical (unpaired) electrons. The minimum atomic E-state index is -4.63. The fourth-order valence-electron chi connectivity index (χ4n) is 1.62. The van der Waals surface area contributed by atoms with Crippen LogP contribution in [0.5, 0.6) is 5.75 Å². The molecule has 2 aromatic rings. The molecule has 8 heteroatoms. The summed E-state index contributed by atoms with van der Waals surface area (Å²) in [5.74, 6) is -0.788. The summed E-state index contributed by atoms with van der Waals surface area (Å²) in [6.45, 7) is 0.303. The summed E-state index contributed by atoms with van der Waals surface area (Å²) in [7, 11) is 1.55. The molecule has 1 heterocycles. The average molecular weight is 298 g/mol. The van der Waals surface area contributed by atoms with E-state index in [1.807, 2.05) is 0 Å². The molecule has 0 bridgehead atoms. The minimum Gasteiger partial charge on any atom is -0.497 e. The highest BCUT2D eigenvalue weighted by molar-refractivity contribution is 5.45. The third kappa shape index (κ3) is 3.98. The molecule has 0 aliphatic carbocycles. The number of hydrogen-bond acceptors (Lipinski definition) is 5. The van der Waals surface area contributed by atoms with Crippen molar-refractivity contribution in [3.63, 3.8) is 0 Å². The molecular formula is C13H13F3N4O. The number of methoxy groups -OCH3 is 1. The summed E-state index contributed by atoms with van der Waals surface area (Å²) in [5.41, 5.74) is 6.22. The zero-order chi connectivity index (χ0) is 15.5. The fraction of sp³-hybridized carbons (Fsp3) is 0.231. The number of nitrogens with two attached hydrogens (primary N) is 1. The van der Waals surface area contributed by atoms with Crippen LogP contribution in [-0.2, 0) is 12.7 Å². The number of anilines is 2. The summed E-state index contributed by atoms with van der Waals surface area (Å²) >= 11 is 0. The van der Waals surface area contributed by atoms with Gasteiger partial charge in [-0.3, -0.25) is 0 Å². The lowest BCUT2D eigenvalue weighted by molar-refractivity contribution is -0.144. The van der Waals surface area contributed by atoms with Crippen LogP contribution in [0.15, 0.2) is 30.3 Å². The van der Waals surface area contributed by atoms with E-state index in [-0.39, 0.29) is 11.6 Å². The Morgan fingerprint density at radius 3 is 2.43 bits per heavy atom. The molecule has 0 aliphatic rings. The maximum absolute atomic E-state index is 12.6. The number of ether oxygens (including phenoxy) is 1. The van der Waals surface area contributed by atoms with E-state index < -0.39 is 12.0 Å². The lowest BCUT2D eigenvalue weighted by Crippen LogP contribution is -2.14.